The van der Waals surface area contributed by atoms with Crippen molar-refractivity contribution in [2.75, 3.05) is 4.90 Å². The van der Waals surface area contributed by atoms with Crippen LogP contribution in [0.5, 0.6) is 0 Å². The number of benzene rings is 2. The fraction of sp³-hybridized carbons (Fsp3) is 0.0870. The van der Waals surface area contributed by atoms with Gasteiger partial charge in [0.25, 0.3) is 5.91 Å². The van der Waals surface area contributed by atoms with Crippen LogP contribution in [0.25, 0.3) is 11.0 Å². The van der Waals surface area contributed by atoms with E-state index in [9.17, 15) is 14.0 Å². The van der Waals surface area contributed by atoms with Gasteiger partial charge in [0, 0.05) is 6.20 Å². The zero-order chi connectivity index (χ0) is 21.9. The Kier molecular flexibility index (Phi) is 4.57. The average molecular weight is 455 g/mol. The van der Waals surface area contributed by atoms with Gasteiger partial charge in [-0.1, -0.05) is 35.3 Å². The summed E-state index contributed by atoms with van der Waals surface area (Å²) in [5, 5.41) is 0.658. The molecule has 3 heterocycles. The standard InChI is InChI=1S/C23H13Cl2FN2O3/c1-11-2-7-18(27-10-11)28-20(12-3-5-15(24)16(25)8-12)19-21(29)14-9-13(26)4-6-17(14)31-22(19)23(28)30/h2-10,20H,1H3. The van der Waals surface area contributed by atoms with E-state index in [0.29, 0.717) is 16.4 Å². The summed E-state index contributed by atoms with van der Waals surface area (Å²) in [6.07, 6.45) is 1.62. The van der Waals surface area contributed by atoms with Crippen molar-refractivity contribution in [1.82, 2.24) is 4.98 Å². The summed E-state index contributed by atoms with van der Waals surface area (Å²) in [4.78, 5) is 32.5. The number of fused-ring (bicyclic) bond motifs is 2. The number of aromatic nitrogens is 1. The van der Waals surface area contributed by atoms with Crippen molar-refractivity contribution < 1.29 is 13.6 Å². The Morgan fingerprint density at radius 1 is 1.03 bits per heavy atom. The molecule has 0 radical (unpaired) electrons. The molecule has 4 aromatic rings. The van der Waals surface area contributed by atoms with Gasteiger partial charge in [-0.3, -0.25) is 14.5 Å². The van der Waals surface area contributed by atoms with Crippen molar-refractivity contribution in [3.05, 3.63) is 103 Å². The van der Waals surface area contributed by atoms with Gasteiger partial charge in [0.2, 0.25) is 5.76 Å². The molecule has 154 valence electrons. The molecule has 1 unspecified atom stereocenters. The zero-order valence-electron chi connectivity index (χ0n) is 16.0. The van der Waals surface area contributed by atoms with Gasteiger partial charge < -0.3 is 4.42 Å². The van der Waals surface area contributed by atoms with Gasteiger partial charge in [-0.25, -0.2) is 9.37 Å². The van der Waals surface area contributed by atoms with E-state index in [1.165, 1.54) is 17.0 Å². The Morgan fingerprint density at radius 3 is 2.55 bits per heavy atom. The fourth-order valence-electron chi connectivity index (χ4n) is 3.78. The maximum Gasteiger partial charge on any atom is 0.296 e. The van der Waals surface area contributed by atoms with E-state index in [4.69, 9.17) is 27.6 Å². The molecule has 1 atom stereocenters. The first-order chi connectivity index (χ1) is 14.8. The predicted molar refractivity (Wildman–Crippen MR) is 117 cm³/mol. The highest BCUT2D eigenvalue weighted by Gasteiger charge is 2.44. The Morgan fingerprint density at radius 2 is 1.84 bits per heavy atom. The Balaban J connectivity index is 1.83. The van der Waals surface area contributed by atoms with Crippen LogP contribution in [0.4, 0.5) is 10.2 Å². The normalized spacial score (nSPS) is 15.5. The molecule has 2 aromatic heterocycles. The largest absolute Gasteiger partial charge is 0.450 e. The number of pyridine rings is 1. The van der Waals surface area contributed by atoms with Crippen molar-refractivity contribution in [2.24, 2.45) is 0 Å². The number of carbonyl (C=O) groups is 1. The van der Waals surface area contributed by atoms with Crippen LogP contribution in [0.1, 0.15) is 33.3 Å². The minimum absolute atomic E-state index is 0.0512. The van der Waals surface area contributed by atoms with Crippen LogP contribution >= 0.6 is 23.2 Å². The second-order valence-electron chi connectivity index (χ2n) is 7.26. The molecule has 1 amide bonds. The van der Waals surface area contributed by atoms with Crippen LogP contribution in [-0.2, 0) is 0 Å². The number of nitrogens with zero attached hydrogens (tertiary/aromatic N) is 2. The third-order valence-corrected chi connectivity index (χ3v) is 5.97. The average Bonchev–Trinajstić information content (AvgIpc) is 3.04. The highest BCUT2D eigenvalue weighted by molar-refractivity contribution is 6.42. The van der Waals surface area contributed by atoms with E-state index in [2.05, 4.69) is 4.98 Å². The van der Waals surface area contributed by atoms with Crippen LogP contribution in [0.2, 0.25) is 10.0 Å². The Bertz CT molecular complexity index is 1430. The number of aryl methyl sites for hydroxylation is 1. The third kappa shape index (κ3) is 3.10. The SMILES string of the molecule is Cc1ccc(N2C(=O)c3oc4ccc(F)cc4c(=O)c3C2c2ccc(Cl)c(Cl)c2)nc1. The lowest BCUT2D eigenvalue weighted by atomic mass is 9.98. The predicted octanol–water partition coefficient (Wildman–Crippen LogP) is 5.69. The van der Waals surface area contributed by atoms with Gasteiger partial charge in [-0.15, -0.1) is 0 Å². The van der Waals surface area contributed by atoms with E-state index in [1.807, 2.05) is 13.0 Å². The van der Waals surface area contributed by atoms with Crippen LogP contribution in [0.3, 0.4) is 0 Å². The quantitative estimate of drug-likeness (QED) is 0.390. The minimum Gasteiger partial charge on any atom is -0.450 e. The van der Waals surface area contributed by atoms with E-state index >= 15 is 0 Å². The lowest BCUT2D eigenvalue weighted by Crippen LogP contribution is -2.30. The van der Waals surface area contributed by atoms with E-state index in [1.54, 1.807) is 30.5 Å². The fourth-order valence-corrected chi connectivity index (χ4v) is 4.09. The van der Waals surface area contributed by atoms with Crippen LogP contribution in [0.15, 0.2) is 63.9 Å². The number of anilines is 1. The summed E-state index contributed by atoms with van der Waals surface area (Å²) in [7, 11) is 0. The molecule has 0 spiro atoms. The topological polar surface area (TPSA) is 63.4 Å². The highest BCUT2D eigenvalue weighted by atomic mass is 35.5. The number of amides is 1. The highest BCUT2D eigenvalue weighted by Crippen LogP contribution is 2.41. The van der Waals surface area contributed by atoms with Crippen LogP contribution < -0.4 is 10.3 Å². The second-order valence-corrected chi connectivity index (χ2v) is 8.07. The van der Waals surface area contributed by atoms with E-state index in [-0.39, 0.29) is 27.3 Å². The molecule has 0 fully saturated rings. The lowest BCUT2D eigenvalue weighted by Gasteiger charge is -2.24. The Labute approximate surface area is 185 Å². The van der Waals surface area contributed by atoms with Crippen molar-refractivity contribution in [3.63, 3.8) is 0 Å². The van der Waals surface area contributed by atoms with Crippen LogP contribution in [-0.4, -0.2) is 10.9 Å². The summed E-state index contributed by atoms with van der Waals surface area (Å²) in [6, 6.07) is 11.1. The molecule has 0 saturated heterocycles. The summed E-state index contributed by atoms with van der Waals surface area (Å²) in [5.74, 6) is -0.867. The molecule has 5 nitrogen and oxygen atoms in total. The smallest absolute Gasteiger partial charge is 0.296 e. The van der Waals surface area contributed by atoms with E-state index < -0.39 is 23.2 Å². The molecular formula is C23H13Cl2FN2O3. The molecule has 5 rings (SSSR count). The van der Waals surface area contributed by atoms with Crippen molar-refractivity contribution >= 4 is 45.9 Å². The molecular weight excluding hydrogens is 442 g/mol. The molecule has 8 heteroatoms. The second kappa shape index (κ2) is 7.18. The third-order valence-electron chi connectivity index (χ3n) is 5.23. The van der Waals surface area contributed by atoms with Crippen LogP contribution in [0, 0.1) is 12.7 Å². The number of carbonyl (C=O) groups excluding carboxylic acids is 1. The van der Waals surface area contributed by atoms with Gasteiger partial charge in [0.1, 0.15) is 17.2 Å². The number of hydrogen-bond acceptors (Lipinski definition) is 4. The van der Waals surface area contributed by atoms with Gasteiger partial charge in [-0.2, -0.15) is 0 Å². The molecule has 0 saturated carbocycles. The first-order valence-corrected chi connectivity index (χ1v) is 10.1. The number of halogens is 3. The molecule has 0 N–H and O–H groups in total. The molecule has 31 heavy (non-hydrogen) atoms. The van der Waals surface area contributed by atoms with Gasteiger partial charge in [0.15, 0.2) is 5.43 Å². The lowest BCUT2D eigenvalue weighted by molar-refractivity contribution is 0.0970. The number of rotatable bonds is 2. The van der Waals surface area contributed by atoms with Gasteiger partial charge in [0.05, 0.1) is 27.0 Å². The molecule has 0 bridgehead atoms. The van der Waals surface area contributed by atoms with Gasteiger partial charge >= 0.3 is 0 Å². The van der Waals surface area contributed by atoms with Gasteiger partial charge in [-0.05, 0) is 54.4 Å². The van der Waals surface area contributed by atoms with Crippen molar-refractivity contribution in [2.45, 2.75) is 13.0 Å². The summed E-state index contributed by atoms with van der Waals surface area (Å²) in [6.45, 7) is 1.88. The molecule has 2 aromatic carbocycles. The summed E-state index contributed by atoms with van der Waals surface area (Å²) < 4.78 is 19.6. The van der Waals surface area contributed by atoms with Crippen molar-refractivity contribution in [3.8, 4) is 0 Å². The maximum atomic E-state index is 13.8. The number of hydrogen-bond donors (Lipinski definition) is 0. The zero-order valence-corrected chi connectivity index (χ0v) is 17.5. The summed E-state index contributed by atoms with van der Waals surface area (Å²) >= 11 is 12.3. The molecule has 1 aliphatic heterocycles. The minimum atomic E-state index is -0.864. The van der Waals surface area contributed by atoms with Crippen molar-refractivity contribution in [1.29, 1.82) is 0 Å². The monoisotopic (exact) mass is 454 g/mol. The molecule has 1 aliphatic rings. The Hall–Kier alpha value is -3.22. The molecule has 0 aliphatic carbocycles. The first-order valence-electron chi connectivity index (χ1n) is 9.32. The maximum absolute atomic E-state index is 13.8. The first kappa shape index (κ1) is 19.7. The summed E-state index contributed by atoms with van der Waals surface area (Å²) in [5.41, 5.74) is 1.20. The van der Waals surface area contributed by atoms with E-state index in [0.717, 1.165) is 11.6 Å².